The summed E-state index contributed by atoms with van der Waals surface area (Å²) >= 11 is 0. The van der Waals surface area contributed by atoms with Crippen molar-refractivity contribution in [1.82, 2.24) is 37.2 Å². The first-order chi connectivity index (χ1) is 27.3. The third-order valence-electron chi connectivity index (χ3n) is 10.0. The van der Waals surface area contributed by atoms with Gasteiger partial charge in [0.25, 0.3) is 0 Å². The monoisotopic (exact) mass is 827 g/mol. The molecule has 0 radical (unpaired) electrons. The lowest BCUT2D eigenvalue weighted by Gasteiger charge is -2.32. The predicted molar refractivity (Wildman–Crippen MR) is 222 cm³/mol. The van der Waals surface area contributed by atoms with Gasteiger partial charge in [0.2, 0.25) is 35.4 Å². The van der Waals surface area contributed by atoms with Gasteiger partial charge in [-0.25, -0.2) is 0 Å². The molecule has 0 aliphatic carbocycles. The Hall–Kier alpha value is -4.36. The van der Waals surface area contributed by atoms with Crippen molar-refractivity contribution >= 4 is 46.9 Å². The number of nitrogens with zero attached hydrogens (tertiary/aromatic N) is 2. The van der Waals surface area contributed by atoms with Crippen LogP contribution < -0.4 is 43.0 Å². The molecule has 0 aromatic heterocycles. The first kappa shape index (κ1) is 53.6. The van der Waals surface area contributed by atoms with Crippen LogP contribution in [0.4, 0.5) is 0 Å². The van der Waals surface area contributed by atoms with Crippen LogP contribution in [0.15, 0.2) is 10.3 Å². The molecule has 0 fully saturated rings. The molecule has 0 spiro atoms. The molecule has 0 aromatic rings. The van der Waals surface area contributed by atoms with E-state index in [0.29, 0.717) is 95.7 Å². The van der Waals surface area contributed by atoms with E-state index >= 15 is 0 Å². The first-order valence-electron chi connectivity index (χ1n) is 20.4. The van der Waals surface area contributed by atoms with Crippen molar-refractivity contribution in [3.8, 4) is 0 Å². The molecule has 0 heterocycles. The normalized spacial score (nSPS) is 13.4. The molecule has 19 heteroatoms. The van der Waals surface area contributed by atoms with Crippen LogP contribution in [0.25, 0.3) is 0 Å². The van der Waals surface area contributed by atoms with Gasteiger partial charge in [-0.15, -0.1) is 0 Å². The summed E-state index contributed by atoms with van der Waals surface area (Å²) in [5.41, 5.74) is 4.91. The van der Waals surface area contributed by atoms with Gasteiger partial charge < -0.3 is 58.1 Å². The quantitative estimate of drug-likeness (QED) is 0.0194. The van der Waals surface area contributed by atoms with E-state index in [1.165, 1.54) is 0 Å². The molecule has 0 unspecified atom stereocenters. The van der Waals surface area contributed by atoms with Crippen LogP contribution >= 0.6 is 0 Å². The molecule has 0 saturated carbocycles. The van der Waals surface area contributed by atoms with E-state index in [0.717, 1.165) is 0 Å². The molecule has 0 aromatic carbocycles. The van der Waals surface area contributed by atoms with Crippen LogP contribution in [0, 0.1) is 5.92 Å². The molecule has 19 nitrogen and oxygen atoms in total. The third-order valence-corrected chi connectivity index (χ3v) is 10.0. The van der Waals surface area contributed by atoms with E-state index in [-0.39, 0.29) is 73.5 Å². The zero-order valence-corrected chi connectivity index (χ0v) is 36.2. The maximum absolute atomic E-state index is 13.2. The number of unbranched alkanes of at least 4 members (excludes halogenated alkanes) is 2. The summed E-state index contributed by atoms with van der Waals surface area (Å²) < 4.78 is 4.90. The van der Waals surface area contributed by atoms with Gasteiger partial charge in [-0.05, 0) is 86.5 Å². The fourth-order valence-electron chi connectivity index (χ4n) is 5.31. The molecule has 0 bridgehead atoms. The van der Waals surface area contributed by atoms with Crippen molar-refractivity contribution in [2.24, 2.45) is 22.0 Å². The SMILES string of the molecule is COCCNC(=O)CCCC(=O)NCCCC[C@H](NC(=O)CCCC(=O)NC(CNC(C)(C)/C(C)=N\O)CNC(C)(C)/C(C)=N\O)C(=O)NCCCC[C@H](C)C(N)=O. The minimum Gasteiger partial charge on any atom is -0.411 e. The Bertz CT molecular complexity index is 1310. The van der Waals surface area contributed by atoms with E-state index in [9.17, 15) is 39.2 Å². The van der Waals surface area contributed by atoms with Crippen LogP contribution in [0.2, 0.25) is 0 Å². The van der Waals surface area contributed by atoms with Crippen molar-refractivity contribution in [3.63, 3.8) is 0 Å². The highest BCUT2D eigenvalue weighted by atomic mass is 16.5. The highest BCUT2D eigenvalue weighted by Crippen LogP contribution is 2.10. The maximum atomic E-state index is 13.2. The van der Waals surface area contributed by atoms with Crippen LogP contribution in [0.3, 0.4) is 0 Å². The lowest BCUT2D eigenvalue weighted by molar-refractivity contribution is -0.129. The highest BCUT2D eigenvalue weighted by molar-refractivity contribution is 5.91. The number of primary amides is 1. The van der Waals surface area contributed by atoms with Crippen molar-refractivity contribution in [2.75, 3.05) is 46.4 Å². The topological polar surface area (TPSA) is 287 Å². The number of nitrogens with two attached hydrogens (primary N) is 1. The minimum absolute atomic E-state index is 0.00220. The summed E-state index contributed by atoms with van der Waals surface area (Å²) in [4.78, 5) is 74.6. The van der Waals surface area contributed by atoms with Crippen LogP contribution in [-0.4, -0.2) is 127 Å². The van der Waals surface area contributed by atoms with Gasteiger partial charge in [0.05, 0.1) is 35.1 Å². The number of ether oxygens (including phenoxy) is 1. The van der Waals surface area contributed by atoms with Crippen LogP contribution in [-0.2, 0) is 33.5 Å². The number of carbonyl (C=O) groups is 6. The number of rotatable bonds is 33. The summed E-state index contributed by atoms with van der Waals surface area (Å²) in [6, 6.07) is -1.25. The Kier molecular flexibility index (Phi) is 27.6. The predicted octanol–water partition coefficient (Wildman–Crippen LogP) is 1.19. The molecule has 0 aliphatic heterocycles. The smallest absolute Gasteiger partial charge is 0.242 e. The molecule has 2 atom stereocenters. The van der Waals surface area contributed by atoms with E-state index in [1.54, 1.807) is 27.9 Å². The van der Waals surface area contributed by atoms with Crippen molar-refractivity contribution in [3.05, 3.63) is 0 Å². The number of oxime groups is 2. The molecular weight excluding hydrogens is 752 g/mol. The molecule has 58 heavy (non-hydrogen) atoms. The second-order valence-electron chi connectivity index (χ2n) is 15.8. The largest absolute Gasteiger partial charge is 0.411 e. The number of amides is 6. The molecule has 0 aliphatic rings. The Labute approximate surface area is 344 Å². The molecule has 0 rings (SSSR count). The zero-order valence-electron chi connectivity index (χ0n) is 36.2. The zero-order chi connectivity index (χ0) is 44.1. The van der Waals surface area contributed by atoms with E-state index < -0.39 is 23.2 Å². The van der Waals surface area contributed by atoms with Crippen molar-refractivity contribution < 1.29 is 43.9 Å². The number of methoxy groups -OCH3 is 1. The summed E-state index contributed by atoms with van der Waals surface area (Å²) in [6.07, 6.45) is 4.47. The number of nitrogens with one attached hydrogen (secondary N) is 7. The van der Waals surface area contributed by atoms with Gasteiger partial charge in [0.1, 0.15) is 6.04 Å². The standard InChI is InChI=1S/C39H74N10O9/c1-27(36(40)54)15-9-11-22-43-37(55)31(16-10-12-21-41-32(50)17-13-18-33(51)42-23-24-58-8)47-35(53)20-14-19-34(52)46-30(25-44-38(4,5)28(2)48-56)26-45-39(6,7)29(3)49-57/h27,30-31,44-45,56-57H,9-26H2,1-8H3,(H2,40,54)(H,41,50)(H,42,51)(H,43,55)(H,46,52)(H,47,53)/b48-28-,49-29-/t27-,31-/m0/s1. The minimum atomic E-state index is -0.830. The summed E-state index contributed by atoms with van der Waals surface area (Å²) in [5, 5.41) is 45.9. The summed E-state index contributed by atoms with van der Waals surface area (Å²) in [6.45, 7) is 14.7. The van der Waals surface area contributed by atoms with Crippen molar-refractivity contribution in [2.45, 2.75) is 149 Å². The number of carbonyl (C=O) groups excluding carboxylic acids is 6. The number of hydrogen-bond donors (Lipinski definition) is 10. The van der Waals surface area contributed by atoms with Gasteiger partial charge in [-0.1, -0.05) is 23.7 Å². The van der Waals surface area contributed by atoms with Gasteiger partial charge >= 0.3 is 0 Å². The molecule has 334 valence electrons. The lowest BCUT2D eigenvalue weighted by atomic mass is 9.98. The van der Waals surface area contributed by atoms with Crippen LogP contribution in [0.5, 0.6) is 0 Å². The Morgan fingerprint density at radius 2 is 1.09 bits per heavy atom. The third kappa shape index (κ3) is 25.1. The van der Waals surface area contributed by atoms with Gasteiger partial charge in [0, 0.05) is 71.4 Å². The number of hydrogen-bond acceptors (Lipinski definition) is 13. The molecular formula is C39H74N10O9. The fourth-order valence-corrected chi connectivity index (χ4v) is 5.31. The van der Waals surface area contributed by atoms with E-state index in [4.69, 9.17) is 10.5 Å². The van der Waals surface area contributed by atoms with Gasteiger partial charge in [0.15, 0.2) is 0 Å². The Balaban J connectivity index is 5.21. The van der Waals surface area contributed by atoms with Gasteiger partial charge in [-0.3, -0.25) is 28.8 Å². The molecule has 6 amide bonds. The lowest BCUT2D eigenvalue weighted by Crippen LogP contribution is -2.57. The average molecular weight is 827 g/mol. The Morgan fingerprint density at radius 3 is 1.57 bits per heavy atom. The first-order valence-corrected chi connectivity index (χ1v) is 20.4. The van der Waals surface area contributed by atoms with Gasteiger partial charge in [-0.2, -0.15) is 0 Å². The second kappa shape index (κ2) is 29.8. The van der Waals surface area contributed by atoms with E-state index in [1.807, 2.05) is 27.7 Å². The molecule has 11 N–H and O–H groups in total. The summed E-state index contributed by atoms with van der Waals surface area (Å²) in [7, 11) is 1.55. The fraction of sp³-hybridized carbons (Fsp3) is 0.795. The average Bonchev–Trinajstić information content (AvgIpc) is 3.17. The molecule has 0 saturated heterocycles. The summed E-state index contributed by atoms with van der Waals surface area (Å²) in [5.74, 6) is -1.97. The highest BCUT2D eigenvalue weighted by Gasteiger charge is 2.27. The van der Waals surface area contributed by atoms with Crippen LogP contribution in [0.1, 0.15) is 126 Å². The van der Waals surface area contributed by atoms with Crippen molar-refractivity contribution in [1.29, 1.82) is 0 Å². The Morgan fingerprint density at radius 1 is 0.638 bits per heavy atom. The van der Waals surface area contributed by atoms with E-state index in [2.05, 4.69) is 47.5 Å². The maximum Gasteiger partial charge on any atom is 0.242 e. The second-order valence-corrected chi connectivity index (χ2v) is 15.8.